The molecule has 1 aromatic carbocycles. The average molecular weight is 352 g/mol. The molecule has 0 amide bonds. The molecule has 0 unspecified atom stereocenters. The predicted octanol–water partition coefficient (Wildman–Crippen LogP) is 3.91. The maximum Gasteiger partial charge on any atom is 0.418 e. The van der Waals surface area contributed by atoms with E-state index in [4.69, 9.17) is 5.11 Å². The summed E-state index contributed by atoms with van der Waals surface area (Å²) in [7, 11) is 0. The molecule has 0 aliphatic heterocycles. The molecule has 0 bridgehead atoms. The highest BCUT2D eigenvalue weighted by Crippen LogP contribution is 2.41. The van der Waals surface area contributed by atoms with E-state index in [1.807, 2.05) is 0 Å². The van der Waals surface area contributed by atoms with Gasteiger partial charge in [0.15, 0.2) is 0 Å². The van der Waals surface area contributed by atoms with Crippen molar-refractivity contribution in [2.75, 3.05) is 17.2 Å². The molecule has 1 saturated carbocycles. The summed E-state index contributed by atoms with van der Waals surface area (Å²) in [6.45, 7) is 1.66. The molecular weight excluding hydrogens is 333 g/mol. The van der Waals surface area contributed by atoms with Gasteiger partial charge in [-0.2, -0.15) is 18.2 Å². The number of alkyl halides is 3. The summed E-state index contributed by atoms with van der Waals surface area (Å²) in [4.78, 5) is 8.64. The number of para-hydroxylation sites is 1. The molecule has 8 heteroatoms. The topological polar surface area (TPSA) is 70.1 Å². The third-order valence-electron chi connectivity index (χ3n) is 3.89. The Labute approximate surface area is 143 Å². The Hall–Kier alpha value is -2.35. The van der Waals surface area contributed by atoms with Crippen molar-refractivity contribution in [3.05, 3.63) is 41.6 Å². The molecule has 2 aromatic rings. The third-order valence-corrected chi connectivity index (χ3v) is 3.89. The zero-order chi connectivity index (χ0) is 18.0. The van der Waals surface area contributed by atoms with E-state index in [-0.39, 0.29) is 24.3 Å². The van der Waals surface area contributed by atoms with Crippen LogP contribution < -0.4 is 10.6 Å². The van der Waals surface area contributed by atoms with Crippen molar-refractivity contribution in [2.24, 2.45) is 0 Å². The minimum atomic E-state index is -4.46. The second kappa shape index (κ2) is 6.87. The Kier molecular flexibility index (Phi) is 4.80. The van der Waals surface area contributed by atoms with Gasteiger partial charge in [0.1, 0.15) is 5.82 Å². The number of nitrogens with one attached hydrogen (secondary N) is 2. The molecule has 5 nitrogen and oxygen atoms in total. The van der Waals surface area contributed by atoms with Crippen molar-refractivity contribution in [3.8, 4) is 0 Å². The molecule has 3 rings (SSSR count). The lowest BCUT2D eigenvalue weighted by Gasteiger charge is -2.16. The predicted molar refractivity (Wildman–Crippen MR) is 88.9 cm³/mol. The van der Waals surface area contributed by atoms with Gasteiger partial charge in [-0.05, 0) is 31.9 Å². The molecule has 1 aliphatic carbocycles. The minimum Gasteiger partial charge on any atom is -0.394 e. The highest BCUT2D eigenvalue weighted by molar-refractivity contribution is 5.62. The van der Waals surface area contributed by atoms with Crippen LogP contribution in [0.1, 0.15) is 36.9 Å². The van der Waals surface area contributed by atoms with E-state index in [2.05, 4.69) is 20.6 Å². The van der Waals surface area contributed by atoms with Crippen molar-refractivity contribution >= 4 is 17.5 Å². The first-order valence-corrected chi connectivity index (χ1v) is 8.06. The van der Waals surface area contributed by atoms with Gasteiger partial charge < -0.3 is 15.7 Å². The van der Waals surface area contributed by atoms with E-state index in [1.54, 1.807) is 13.0 Å². The first-order valence-electron chi connectivity index (χ1n) is 8.06. The average Bonchev–Trinajstić information content (AvgIpc) is 3.39. The summed E-state index contributed by atoms with van der Waals surface area (Å²) in [5.74, 6) is 0.894. The molecule has 0 spiro atoms. The van der Waals surface area contributed by atoms with E-state index >= 15 is 0 Å². The van der Waals surface area contributed by atoms with E-state index in [0.717, 1.165) is 24.6 Å². The molecule has 134 valence electrons. The second-order valence-electron chi connectivity index (χ2n) is 6.17. The number of aliphatic hydroxyl groups is 1. The minimum absolute atomic E-state index is 0.0587. The van der Waals surface area contributed by atoms with Gasteiger partial charge in [-0.3, -0.25) is 0 Å². The van der Waals surface area contributed by atoms with E-state index < -0.39 is 11.7 Å². The van der Waals surface area contributed by atoms with Crippen LogP contribution in [0.15, 0.2) is 30.3 Å². The molecule has 3 N–H and O–H groups in total. The largest absolute Gasteiger partial charge is 0.418 e. The van der Waals surface area contributed by atoms with Crippen LogP contribution in [0.5, 0.6) is 0 Å². The summed E-state index contributed by atoms with van der Waals surface area (Å²) < 4.78 is 39.5. The fraction of sp³-hybridized carbons (Fsp3) is 0.412. The summed E-state index contributed by atoms with van der Waals surface area (Å²) >= 11 is 0. The van der Waals surface area contributed by atoms with Gasteiger partial charge in [0, 0.05) is 18.0 Å². The zero-order valence-corrected chi connectivity index (χ0v) is 13.6. The van der Waals surface area contributed by atoms with Crippen LogP contribution in [0.4, 0.5) is 30.6 Å². The highest BCUT2D eigenvalue weighted by atomic mass is 19.4. The van der Waals surface area contributed by atoms with E-state index in [0.29, 0.717) is 11.7 Å². The molecular formula is C17H19F3N4O. The van der Waals surface area contributed by atoms with Crippen molar-refractivity contribution in [1.82, 2.24) is 9.97 Å². The van der Waals surface area contributed by atoms with Crippen LogP contribution in [-0.2, 0) is 6.18 Å². The maximum absolute atomic E-state index is 13.2. The lowest BCUT2D eigenvalue weighted by atomic mass is 10.1. The summed E-state index contributed by atoms with van der Waals surface area (Å²) in [6, 6.07) is 6.70. The third kappa shape index (κ3) is 4.39. The van der Waals surface area contributed by atoms with Crippen molar-refractivity contribution in [3.63, 3.8) is 0 Å². The SMILES string of the molecule is C[C@@H](CO)Nc1nc(Nc2ccccc2C(F)(F)F)cc(C2CC2)n1. The number of aliphatic hydroxyl groups excluding tert-OH is 1. The van der Waals surface area contributed by atoms with Crippen molar-refractivity contribution < 1.29 is 18.3 Å². The Morgan fingerprint density at radius 3 is 2.60 bits per heavy atom. The summed E-state index contributed by atoms with van der Waals surface area (Å²) in [5, 5.41) is 14.9. The molecule has 1 aliphatic rings. The number of benzene rings is 1. The van der Waals surface area contributed by atoms with Crippen LogP contribution in [0.3, 0.4) is 0 Å². The lowest BCUT2D eigenvalue weighted by molar-refractivity contribution is -0.136. The van der Waals surface area contributed by atoms with Crippen LogP contribution in [-0.4, -0.2) is 27.7 Å². The number of aromatic nitrogens is 2. The molecule has 0 radical (unpaired) electrons. The maximum atomic E-state index is 13.2. The van der Waals surface area contributed by atoms with E-state index in [1.165, 1.54) is 18.2 Å². The second-order valence-corrected chi connectivity index (χ2v) is 6.17. The number of anilines is 3. The quantitative estimate of drug-likeness (QED) is 0.735. The normalized spacial score (nSPS) is 15.7. The number of hydrogen-bond acceptors (Lipinski definition) is 5. The van der Waals surface area contributed by atoms with Gasteiger partial charge in [-0.25, -0.2) is 4.98 Å². The van der Waals surface area contributed by atoms with Gasteiger partial charge in [0.2, 0.25) is 5.95 Å². The van der Waals surface area contributed by atoms with Gasteiger partial charge in [0.25, 0.3) is 0 Å². The van der Waals surface area contributed by atoms with Gasteiger partial charge >= 0.3 is 6.18 Å². The first kappa shape index (κ1) is 17.5. The van der Waals surface area contributed by atoms with Crippen molar-refractivity contribution in [1.29, 1.82) is 0 Å². The Morgan fingerprint density at radius 1 is 1.24 bits per heavy atom. The lowest BCUT2D eigenvalue weighted by Crippen LogP contribution is -2.21. The highest BCUT2D eigenvalue weighted by Gasteiger charge is 2.33. The molecule has 1 fully saturated rings. The monoisotopic (exact) mass is 352 g/mol. The molecule has 1 atom stereocenters. The number of nitrogens with zero attached hydrogens (tertiary/aromatic N) is 2. The number of rotatable bonds is 6. The van der Waals surface area contributed by atoms with Crippen LogP contribution in [0.2, 0.25) is 0 Å². The smallest absolute Gasteiger partial charge is 0.394 e. The molecule has 0 saturated heterocycles. The standard InChI is InChI=1S/C17H19F3N4O/c1-10(9-25)21-16-23-14(11-6-7-11)8-15(24-16)22-13-5-3-2-4-12(13)17(18,19)20/h2-5,8,10-11,25H,6-7,9H2,1H3,(H2,21,22,23,24)/t10-/m0/s1. The number of halogens is 3. The molecule has 1 heterocycles. The summed E-state index contributed by atoms with van der Waals surface area (Å²) in [5.41, 5.74) is -0.0222. The molecule has 25 heavy (non-hydrogen) atoms. The van der Waals surface area contributed by atoms with Gasteiger partial charge in [-0.15, -0.1) is 0 Å². The van der Waals surface area contributed by atoms with Crippen LogP contribution in [0, 0.1) is 0 Å². The molecule has 1 aromatic heterocycles. The Balaban J connectivity index is 1.92. The van der Waals surface area contributed by atoms with Gasteiger partial charge in [0.05, 0.1) is 23.6 Å². The Bertz CT molecular complexity index is 747. The fourth-order valence-corrected chi connectivity index (χ4v) is 2.43. The fourth-order valence-electron chi connectivity index (χ4n) is 2.43. The van der Waals surface area contributed by atoms with Crippen molar-refractivity contribution in [2.45, 2.75) is 37.9 Å². The first-order chi connectivity index (χ1) is 11.9. The zero-order valence-electron chi connectivity index (χ0n) is 13.6. The van der Waals surface area contributed by atoms with Crippen LogP contribution >= 0.6 is 0 Å². The number of hydrogen-bond donors (Lipinski definition) is 3. The Morgan fingerprint density at radius 2 is 1.96 bits per heavy atom. The van der Waals surface area contributed by atoms with Gasteiger partial charge in [-0.1, -0.05) is 12.1 Å². The van der Waals surface area contributed by atoms with Crippen LogP contribution in [0.25, 0.3) is 0 Å². The van der Waals surface area contributed by atoms with E-state index in [9.17, 15) is 13.2 Å². The summed E-state index contributed by atoms with van der Waals surface area (Å²) in [6.07, 6.45) is -2.45.